The maximum absolute atomic E-state index is 13.7. The van der Waals surface area contributed by atoms with E-state index < -0.39 is 23.8 Å². The number of nitrogens with one attached hydrogen (secondary N) is 1. The molecule has 14 heteroatoms. The Balaban J connectivity index is 0.725. The summed E-state index contributed by atoms with van der Waals surface area (Å²) in [6, 6.07) is 20.3. The number of nitriles is 1. The van der Waals surface area contributed by atoms with E-state index in [2.05, 4.69) is 43.1 Å². The van der Waals surface area contributed by atoms with E-state index in [-0.39, 0.29) is 30.1 Å². The monoisotopic (exact) mass is 802 g/mol. The van der Waals surface area contributed by atoms with Crippen LogP contribution in [-0.2, 0) is 9.59 Å². The summed E-state index contributed by atoms with van der Waals surface area (Å²) in [5.74, 6) is -1.28. The predicted molar refractivity (Wildman–Crippen MR) is 219 cm³/mol. The Kier molecular flexibility index (Phi) is 10.1. The number of benzene rings is 3. The van der Waals surface area contributed by atoms with Crippen LogP contribution in [-0.4, -0.2) is 122 Å². The molecule has 1 N–H and O–H groups in total. The van der Waals surface area contributed by atoms with Gasteiger partial charge < -0.3 is 19.6 Å². The van der Waals surface area contributed by atoms with Gasteiger partial charge >= 0.3 is 0 Å². The Labute approximate surface area is 343 Å². The van der Waals surface area contributed by atoms with Crippen LogP contribution < -0.4 is 20.0 Å². The highest BCUT2D eigenvalue weighted by Gasteiger charge is 2.47. The van der Waals surface area contributed by atoms with Gasteiger partial charge in [0.15, 0.2) is 0 Å². The first-order chi connectivity index (χ1) is 28.1. The van der Waals surface area contributed by atoms with Crippen molar-refractivity contribution < 1.29 is 24.0 Å². The van der Waals surface area contributed by atoms with Crippen molar-refractivity contribution in [1.29, 1.82) is 5.26 Å². The first-order valence-corrected chi connectivity index (χ1v) is 20.9. The molecule has 0 aromatic heterocycles. The van der Waals surface area contributed by atoms with E-state index >= 15 is 0 Å². The van der Waals surface area contributed by atoms with E-state index in [0.717, 1.165) is 125 Å². The Morgan fingerprint density at radius 2 is 1.43 bits per heavy atom. The number of hydrogen-bond acceptors (Lipinski definition) is 10. The number of rotatable bonds is 7. The summed E-state index contributed by atoms with van der Waals surface area (Å²) in [7, 11) is 0. The number of imide groups is 2. The van der Waals surface area contributed by atoms with Crippen LogP contribution in [0.15, 0.2) is 60.7 Å². The number of anilines is 3. The minimum Gasteiger partial charge on any atom is -0.371 e. The Morgan fingerprint density at radius 3 is 2.14 bits per heavy atom. The van der Waals surface area contributed by atoms with Crippen LogP contribution in [0.3, 0.4) is 0 Å². The molecular weight excluding hydrogens is 756 g/mol. The highest BCUT2D eigenvalue weighted by Crippen LogP contribution is 2.42. The number of hydrogen-bond donors (Lipinski definition) is 1. The van der Waals surface area contributed by atoms with Gasteiger partial charge in [-0.25, -0.2) is 0 Å². The molecule has 6 aliphatic heterocycles. The number of nitrogens with zero attached hydrogens (tertiary/aromatic N) is 7. The normalized spacial score (nSPS) is 22.6. The quantitative estimate of drug-likeness (QED) is 0.342. The molecule has 0 saturated carbocycles. The van der Waals surface area contributed by atoms with E-state index in [1.54, 1.807) is 18.2 Å². The van der Waals surface area contributed by atoms with Gasteiger partial charge in [0.1, 0.15) is 12.1 Å². The molecule has 58 heavy (non-hydrogen) atoms. The van der Waals surface area contributed by atoms with Gasteiger partial charge in [0.25, 0.3) is 17.7 Å². The van der Waals surface area contributed by atoms with Gasteiger partial charge in [-0.1, -0.05) is 11.6 Å². The lowest BCUT2D eigenvalue weighted by Crippen LogP contribution is -2.63. The molecule has 0 radical (unpaired) electrons. The van der Waals surface area contributed by atoms with Gasteiger partial charge in [-0.3, -0.25) is 39.1 Å². The maximum atomic E-state index is 13.7. The summed E-state index contributed by atoms with van der Waals surface area (Å²) < 4.78 is 0. The van der Waals surface area contributed by atoms with Gasteiger partial charge in [0, 0.05) is 106 Å². The SMILES string of the molecule is N#Cc1ccc(N2CC3(CCCN(C(=O)c4ccc(N5CCN(CC6CCN(c7ccc8c(c7)C(=O)N(C7CCC(=O)NC7=O)C8=O)CC6)CC5)cc4)C3)C2)cc1Cl. The van der Waals surface area contributed by atoms with Crippen molar-refractivity contribution in [2.45, 2.75) is 44.6 Å². The van der Waals surface area contributed by atoms with Crippen LogP contribution in [0.2, 0.25) is 5.02 Å². The van der Waals surface area contributed by atoms with Gasteiger partial charge in [-0.2, -0.15) is 5.26 Å². The average molecular weight is 803 g/mol. The second-order valence-electron chi connectivity index (χ2n) is 16.9. The van der Waals surface area contributed by atoms with Crippen LogP contribution >= 0.6 is 11.6 Å². The van der Waals surface area contributed by atoms with Gasteiger partial charge in [-0.15, -0.1) is 0 Å². The number of piperidine rings is 3. The largest absolute Gasteiger partial charge is 0.371 e. The zero-order valence-electron chi connectivity index (χ0n) is 32.5. The highest BCUT2D eigenvalue weighted by atomic mass is 35.5. The molecule has 1 spiro atoms. The molecule has 13 nitrogen and oxygen atoms in total. The number of piperazine rings is 1. The number of halogens is 1. The molecule has 0 aliphatic carbocycles. The minimum atomic E-state index is -0.967. The molecular formula is C44H47ClN8O5. The molecule has 300 valence electrons. The third-order valence-corrected chi connectivity index (χ3v) is 13.5. The van der Waals surface area contributed by atoms with Gasteiger partial charge in [0.05, 0.1) is 21.7 Å². The van der Waals surface area contributed by atoms with Gasteiger partial charge in [-0.05, 0) is 98.7 Å². The van der Waals surface area contributed by atoms with E-state index in [1.165, 1.54) is 0 Å². The Morgan fingerprint density at radius 1 is 0.759 bits per heavy atom. The molecule has 9 rings (SSSR count). The Hall–Kier alpha value is -5.45. The maximum Gasteiger partial charge on any atom is 0.262 e. The standard InChI is InChI=1S/C44H47ClN8O5/c45-37-23-34(7-4-31(37)24-46)52-27-44(28-52)14-1-15-51(26-44)41(56)30-2-5-32(6-3-30)50-20-18-48(19-21-50)25-29-12-16-49(17-13-29)33-8-9-35-36(22-33)43(58)53(42(35)57)38-10-11-39(54)47-40(38)55/h2-9,22-23,29,38H,1,10-21,25-28H2,(H,47,54,55). The number of carbonyl (C=O) groups excluding carboxylic acids is 5. The fourth-order valence-corrected chi connectivity index (χ4v) is 10.2. The molecule has 5 fully saturated rings. The fourth-order valence-electron chi connectivity index (χ4n) is 9.96. The topological polar surface area (TPSA) is 141 Å². The Bertz CT molecular complexity index is 2200. The van der Waals surface area contributed by atoms with E-state index in [9.17, 15) is 29.2 Å². The molecule has 6 aliphatic rings. The van der Waals surface area contributed by atoms with Crippen LogP contribution in [0.4, 0.5) is 17.1 Å². The van der Waals surface area contributed by atoms with Crippen molar-refractivity contribution in [3.63, 3.8) is 0 Å². The zero-order valence-corrected chi connectivity index (χ0v) is 33.3. The second-order valence-corrected chi connectivity index (χ2v) is 17.3. The average Bonchev–Trinajstić information content (AvgIpc) is 3.48. The fraction of sp³-hybridized carbons (Fsp3) is 0.455. The molecule has 3 aromatic carbocycles. The first kappa shape index (κ1) is 38.1. The minimum absolute atomic E-state index is 0.0858. The summed E-state index contributed by atoms with van der Waals surface area (Å²) >= 11 is 6.29. The highest BCUT2D eigenvalue weighted by molar-refractivity contribution is 6.32. The molecule has 6 heterocycles. The number of carbonyl (C=O) groups is 5. The molecule has 5 saturated heterocycles. The molecule has 3 aromatic rings. The summed E-state index contributed by atoms with van der Waals surface area (Å²) in [5.41, 5.74) is 4.99. The van der Waals surface area contributed by atoms with Crippen molar-refractivity contribution in [3.05, 3.63) is 87.9 Å². The molecule has 1 unspecified atom stereocenters. The summed E-state index contributed by atoms with van der Waals surface area (Å²) in [6.07, 6.45) is 4.39. The molecule has 0 bridgehead atoms. The number of amides is 5. The van der Waals surface area contributed by atoms with Crippen molar-refractivity contribution >= 4 is 58.2 Å². The van der Waals surface area contributed by atoms with Crippen molar-refractivity contribution in [1.82, 2.24) is 20.0 Å². The summed E-state index contributed by atoms with van der Waals surface area (Å²) in [6.45, 7) is 9.86. The van der Waals surface area contributed by atoms with E-state index in [4.69, 9.17) is 11.6 Å². The van der Waals surface area contributed by atoms with Crippen LogP contribution in [0.5, 0.6) is 0 Å². The summed E-state index contributed by atoms with van der Waals surface area (Å²) in [4.78, 5) is 76.8. The van der Waals surface area contributed by atoms with Crippen molar-refractivity contribution in [2.75, 3.05) is 86.7 Å². The lowest BCUT2D eigenvalue weighted by atomic mass is 9.73. The van der Waals surface area contributed by atoms with E-state index in [0.29, 0.717) is 27.6 Å². The van der Waals surface area contributed by atoms with Gasteiger partial charge in [0.2, 0.25) is 11.8 Å². The smallest absolute Gasteiger partial charge is 0.262 e. The second kappa shape index (κ2) is 15.4. The van der Waals surface area contributed by atoms with Crippen LogP contribution in [0, 0.1) is 22.7 Å². The lowest BCUT2D eigenvalue weighted by molar-refractivity contribution is -0.136. The third-order valence-electron chi connectivity index (χ3n) is 13.2. The number of likely N-dealkylation sites (tertiary alicyclic amines) is 1. The predicted octanol–water partition coefficient (Wildman–Crippen LogP) is 4.39. The third kappa shape index (κ3) is 7.17. The van der Waals surface area contributed by atoms with Crippen LogP contribution in [0.1, 0.15) is 75.2 Å². The summed E-state index contributed by atoms with van der Waals surface area (Å²) in [5, 5.41) is 11.9. The van der Waals surface area contributed by atoms with Crippen molar-refractivity contribution in [3.8, 4) is 6.07 Å². The zero-order chi connectivity index (χ0) is 40.1. The number of fused-ring (bicyclic) bond motifs is 1. The lowest BCUT2D eigenvalue weighted by Gasteiger charge is -2.55. The first-order valence-electron chi connectivity index (χ1n) is 20.5. The van der Waals surface area contributed by atoms with Crippen molar-refractivity contribution in [2.24, 2.45) is 11.3 Å². The van der Waals surface area contributed by atoms with E-state index in [1.807, 2.05) is 35.2 Å². The molecule has 1 atom stereocenters. The molecule has 5 amide bonds. The van der Waals surface area contributed by atoms with Crippen LogP contribution in [0.25, 0.3) is 0 Å².